The quantitative estimate of drug-likeness (QED) is 0.672. The fourth-order valence-electron chi connectivity index (χ4n) is 3.19. The Hall–Kier alpha value is -3.54. The SMILES string of the molecule is Cc1ccccc1C(=O)c1cccn1CC(=O)NCc1ccc2c(c1)OCO2. The monoisotopic (exact) mass is 376 g/mol. The molecule has 0 unspecified atom stereocenters. The molecule has 2 aromatic carbocycles. The number of ether oxygens (including phenoxy) is 2. The Labute approximate surface area is 162 Å². The number of benzene rings is 2. The second-order valence-electron chi connectivity index (χ2n) is 6.63. The zero-order chi connectivity index (χ0) is 19.5. The summed E-state index contributed by atoms with van der Waals surface area (Å²) in [4.78, 5) is 25.2. The van der Waals surface area contributed by atoms with Gasteiger partial charge in [-0.25, -0.2) is 0 Å². The smallest absolute Gasteiger partial charge is 0.240 e. The van der Waals surface area contributed by atoms with Gasteiger partial charge in [-0.2, -0.15) is 0 Å². The van der Waals surface area contributed by atoms with Crippen LogP contribution in [0.4, 0.5) is 0 Å². The lowest BCUT2D eigenvalue weighted by atomic mass is 10.0. The van der Waals surface area contributed by atoms with Crippen LogP contribution in [-0.2, 0) is 17.9 Å². The second-order valence-corrected chi connectivity index (χ2v) is 6.63. The number of carbonyl (C=O) groups is 2. The van der Waals surface area contributed by atoms with E-state index in [0.717, 1.165) is 11.1 Å². The number of ketones is 1. The van der Waals surface area contributed by atoms with Crippen LogP contribution in [0.5, 0.6) is 11.5 Å². The summed E-state index contributed by atoms with van der Waals surface area (Å²) in [7, 11) is 0. The average molecular weight is 376 g/mol. The molecule has 0 fully saturated rings. The summed E-state index contributed by atoms with van der Waals surface area (Å²) in [5.41, 5.74) is 2.96. The Morgan fingerprint density at radius 3 is 2.71 bits per heavy atom. The van der Waals surface area contributed by atoms with Gasteiger partial charge in [0.05, 0.1) is 5.69 Å². The molecule has 0 saturated heterocycles. The van der Waals surface area contributed by atoms with Gasteiger partial charge in [0, 0.05) is 18.3 Å². The van der Waals surface area contributed by atoms with E-state index in [4.69, 9.17) is 9.47 Å². The van der Waals surface area contributed by atoms with Gasteiger partial charge in [-0.1, -0.05) is 30.3 Å². The van der Waals surface area contributed by atoms with Crippen molar-refractivity contribution in [3.63, 3.8) is 0 Å². The number of nitrogens with one attached hydrogen (secondary N) is 1. The van der Waals surface area contributed by atoms with Crippen molar-refractivity contribution in [2.75, 3.05) is 6.79 Å². The minimum Gasteiger partial charge on any atom is -0.454 e. The number of nitrogens with zero attached hydrogens (tertiary/aromatic N) is 1. The molecular formula is C22H20N2O4. The molecule has 1 aliphatic rings. The summed E-state index contributed by atoms with van der Waals surface area (Å²) in [5, 5.41) is 2.88. The van der Waals surface area contributed by atoms with Crippen LogP contribution in [0, 0.1) is 6.92 Å². The minimum atomic E-state index is -0.173. The van der Waals surface area contributed by atoms with Crippen molar-refractivity contribution in [1.29, 1.82) is 0 Å². The number of fused-ring (bicyclic) bond motifs is 1. The van der Waals surface area contributed by atoms with Gasteiger partial charge in [-0.3, -0.25) is 9.59 Å². The number of aromatic nitrogens is 1. The molecule has 0 atom stereocenters. The Morgan fingerprint density at radius 1 is 1.04 bits per heavy atom. The van der Waals surface area contributed by atoms with E-state index in [9.17, 15) is 9.59 Å². The maximum absolute atomic E-state index is 12.8. The van der Waals surface area contributed by atoms with E-state index in [1.165, 1.54) is 0 Å². The summed E-state index contributed by atoms with van der Waals surface area (Å²) < 4.78 is 12.3. The number of hydrogen-bond acceptors (Lipinski definition) is 4. The molecule has 4 rings (SSSR count). The van der Waals surface area contributed by atoms with Crippen LogP contribution >= 0.6 is 0 Å². The van der Waals surface area contributed by atoms with Crippen LogP contribution in [0.1, 0.15) is 27.2 Å². The molecule has 0 bridgehead atoms. The highest BCUT2D eigenvalue weighted by Crippen LogP contribution is 2.32. The van der Waals surface area contributed by atoms with Crippen molar-refractivity contribution >= 4 is 11.7 Å². The van der Waals surface area contributed by atoms with Crippen molar-refractivity contribution in [3.8, 4) is 11.5 Å². The van der Waals surface area contributed by atoms with E-state index in [-0.39, 0.29) is 25.0 Å². The normalized spacial score (nSPS) is 12.0. The molecule has 0 radical (unpaired) electrons. The largest absolute Gasteiger partial charge is 0.454 e. The Balaban J connectivity index is 1.41. The zero-order valence-electron chi connectivity index (χ0n) is 15.5. The van der Waals surface area contributed by atoms with Crippen LogP contribution in [0.2, 0.25) is 0 Å². The molecule has 0 spiro atoms. The van der Waals surface area contributed by atoms with Crippen LogP contribution < -0.4 is 14.8 Å². The first kappa shape index (κ1) is 17.9. The summed E-state index contributed by atoms with van der Waals surface area (Å²) in [5.74, 6) is 1.13. The van der Waals surface area contributed by atoms with Gasteiger partial charge >= 0.3 is 0 Å². The third-order valence-corrected chi connectivity index (χ3v) is 4.69. The molecule has 28 heavy (non-hydrogen) atoms. The fourth-order valence-corrected chi connectivity index (χ4v) is 3.19. The number of rotatable bonds is 6. The van der Waals surface area contributed by atoms with E-state index in [2.05, 4.69) is 5.32 Å². The molecule has 0 saturated carbocycles. The first-order chi connectivity index (χ1) is 13.6. The van der Waals surface area contributed by atoms with Crippen molar-refractivity contribution < 1.29 is 19.1 Å². The van der Waals surface area contributed by atoms with E-state index in [0.29, 0.717) is 29.3 Å². The van der Waals surface area contributed by atoms with Crippen molar-refractivity contribution in [3.05, 3.63) is 83.2 Å². The maximum Gasteiger partial charge on any atom is 0.240 e. The molecule has 1 amide bonds. The molecule has 6 nitrogen and oxygen atoms in total. The molecule has 0 aliphatic carbocycles. The Bertz CT molecular complexity index is 1040. The number of hydrogen-bond donors (Lipinski definition) is 1. The van der Waals surface area contributed by atoms with Gasteiger partial charge in [-0.15, -0.1) is 0 Å². The van der Waals surface area contributed by atoms with Crippen LogP contribution in [0.15, 0.2) is 60.8 Å². The summed E-state index contributed by atoms with van der Waals surface area (Å²) in [6.45, 7) is 2.57. The summed E-state index contributed by atoms with van der Waals surface area (Å²) >= 11 is 0. The predicted molar refractivity (Wildman–Crippen MR) is 103 cm³/mol. The molecule has 3 aromatic rings. The van der Waals surface area contributed by atoms with Crippen molar-refractivity contribution in [2.45, 2.75) is 20.0 Å². The number of aryl methyl sites for hydroxylation is 1. The first-order valence-corrected chi connectivity index (χ1v) is 9.02. The fraction of sp³-hybridized carbons (Fsp3) is 0.182. The van der Waals surface area contributed by atoms with Crippen LogP contribution in [0.3, 0.4) is 0 Å². The van der Waals surface area contributed by atoms with E-state index < -0.39 is 0 Å². The third kappa shape index (κ3) is 3.62. The standard InChI is InChI=1S/C22H20N2O4/c1-15-5-2-3-6-17(15)22(26)18-7-4-10-24(18)13-21(25)23-12-16-8-9-19-20(11-16)28-14-27-19/h2-11H,12-14H2,1H3,(H,23,25). The lowest BCUT2D eigenvalue weighted by Crippen LogP contribution is -2.28. The molecular weight excluding hydrogens is 356 g/mol. The van der Waals surface area contributed by atoms with Crippen molar-refractivity contribution in [1.82, 2.24) is 9.88 Å². The highest BCUT2D eigenvalue weighted by molar-refractivity contribution is 6.09. The van der Waals surface area contributed by atoms with Gasteiger partial charge in [-0.05, 0) is 42.3 Å². The first-order valence-electron chi connectivity index (χ1n) is 9.02. The van der Waals surface area contributed by atoms with Crippen molar-refractivity contribution in [2.24, 2.45) is 0 Å². The van der Waals surface area contributed by atoms with Crippen LogP contribution in [0.25, 0.3) is 0 Å². The number of amides is 1. The van der Waals surface area contributed by atoms with Gasteiger partial charge in [0.15, 0.2) is 11.5 Å². The minimum absolute atomic E-state index is 0.0739. The number of carbonyl (C=O) groups excluding carboxylic acids is 2. The highest BCUT2D eigenvalue weighted by atomic mass is 16.7. The Kier molecular flexibility index (Phi) is 4.85. The lowest BCUT2D eigenvalue weighted by molar-refractivity contribution is -0.121. The van der Waals surface area contributed by atoms with Gasteiger partial charge in [0.2, 0.25) is 18.5 Å². The molecule has 1 N–H and O–H groups in total. The van der Waals surface area contributed by atoms with E-state index in [1.807, 2.05) is 43.3 Å². The topological polar surface area (TPSA) is 69.6 Å². The van der Waals surface area contributed by atoms with Gasteiger partial charge in [0.25, 0.3) is 0 Å². The average Bonchev–Trinajstić information content (AvgIpc) is 3.35. The predicted octanol–water partition coefficient (Wildman–Crippen LogP) is 3.07. The van der Waals surface area contributed by atoms with Crippen LogP contribution in [-0.4, -0.2) is 23.1 Å². The van der Waals surface area contributed by atoms with E-state index >= 15 is 0 Å². The zero-order valence-corrected chi connectivity index (χ0v) is 15.5. The molecule has 6 heteroatoms. The second kappa shape index (κ2) is 7.60. The molecule has 1 aromatic heterocycles. The third-order valence-electron chi connectivity index (χ3n) is 4.69. The molecule has 1 aliphatic heterocycles. The van der Waals surface area contributed by atoms with Gasteiger partial charge in [0.1, 0.15) is 6.54 Å². The Morgan fingerprint density at radius 2 is 1.86 bits per heavy atom. The van der Waals surface area contributed by atoms with E-state index in [1.54, 1.807) is 29.0 Å². The molecule has 142 valence electrons. The highest BCUT2D eigenvalue weighted by Gasteiger charge is 2.17. The lowest BCUT2D eigenvalue weighted by Gasteiger charge is -2.11. The summed E-state index contributed by atoms with van der Waals surface area (Å²) in [6, 6.07) is 16.5. The molecule has 2 heterocycles. The van der Waals surface area contributed by atoms with Gasteiger partial charge < -0.3 is 19.4 Å². The summed E-state index contributed by atoms with van der Waals surface area (Å²) in [6.07, 6.45) is 1.74. The maximum atomic E-state index is 12.8.